The molecule has 8 nitrogen and oxygen atoms in total. The minimum atomic E-state index is -0.233. The standard InChI is InChI=1S/C19H25N5O3S/c1-23-18(27)14-6-5-12(10-15(14)22-19(23)28)17(26)21-7-3-9-24-8-2-4-13(11-24)16(20)25/h5-6,10,13H,2-4,7-9,11H2,1H3,(H2,20,25)(H,21,26)(H,22,28). The van der Waals surface area contributed by atoms with Gasteiger partial charge in [-0.05, 0) is 62.8 Å². The number of aromatic amines is 1. The first-order valence-corrected chi connectivity index (χ1v) is 9.80. The van der Waals surface area contributed by atoms with Crippen LogP contribution < -0.4 is 16.6 Å². The van der Waals surface area contributed by atoms with Crippen LogP contribution in [0.15, 0.2) is 23.0 Å². The van der Waals surface area contributed by atoms with Crippen molar-refractivity contribution >= 4 is 34.9 Å². The van der Waals surface area contributed by atoms with Gasteiger partial charge in [0.05, 0.1) is 16.8 Å². The Labute approximate surface area is 167 Å². The number of carbonyl (C=O) groups excluding carboxylic acids is 2. The van der Waals surface area contributed by atoms with Crippen molar-refractivity contribution in [1.29, 1.82) is 0 Å². The van der Waals surface area contributed by atoms with Crippen LogP contribution in [-0.2, 0) is 11.8 Å². The number of carbonyl (C=O) groups is 2. The third-order valence-corrected chi connectivity index (χ3v) is 5.58. The predicted molar refractivity (Wildman–Crippen MR) is 110 cm³/mol. The average molecular weight is 404 g/mol. The molecule has 0 bridgehead atoms. The number of benzene rings is 1. The monoisotopic (exact) mass is 403 g/mol. The number of primary amides is 1. The van der Waals surface area contributed by atoms with Crippen molar-refractivity contribution in [2.75, 3.05) is 26.2 Å². The van der Waals surface area contributed by atoms with Gasteiger partial charge in [0.25, 0.3) is 11.5 Å². The summed E-state index contributed by atoms with van der Waals surface area (Å²) in [5, 5.41) is 3.39. The summed E-state index contributed by atoms with van der Waals surface area (Å²) in [6.45, 7) is 2.99. The molecule has 1 fully saturated rings. The van der Waals surface area contributed by atoms with Gasteiger partial charge in [-0.2, -0.15) is 0 Å². The van der Waals surface area contributed by atoms with Gasteiger partial charge in [0, 0.05) is 25.7 Å². The lowest BCUT2D eigenvalue weighted by Gasteiger charge is -2.31. The second-order valence-electron chi connectivity index (χ2n) is 7.21. The van der Waals surface area contributed by atoms with E-state index in [1.807, 2.05) is 0 Å². The molecule has 4 N–H and O–H groups in total. The molecule has 1 aromatic carbocycles. The zero-order valence-electron chi connectivity index (χ0n) is 15.9. The quantitative estimate of drug-likeness (QED) is 0.490. The highest BCUT2D eigenvalue weighted by atomic mass is 32.1. The van der Waals surface area contributed by atoms with E-state index in [9.17, 15) is 14.4 Å². The topological polar surface area (TPSA) is 113 Å². The molecule has 0 saturated carbocycles. The normalized spacial score (nSPS) is 17.5. The van der Waals surface area contributed by atoms with E-state index in [2.05, 4.69) is 15.2 Å². The van der Waals surface area contributed by atoms with Gasteiger partial charge in [-0.3, -0.25) is 19.0 Å². The van der Waals surface area contributed by atoms with E-state index < -0.39 is 0 Å². The van der Waals surface area contributed by atoms with Crippen LogP contribution in [0.5, 0.6) is 0 Å². The smallest absolute Gasteiger partial charge is 0.261 e. The number of hydrogen-bond donors (Lipinski definition) is 3. The molecule has 2 amide bonds. The molecule has 1 aliphatic heterocycles. The fraction of sp³-hybridized carbons (Fsp3) is 0.474. The van der Waals surface area contributed by atoms with Crippen LogP contribution in [0.25, 0.3) is 10.9 Å². The lowest BCUT2D eigenvalue weighted by molar-refractivity contribution is -0.123. The van der Waals surface area contributed by atoms with Crippen LogP contribution in [-0.4, -0.2) is 52.4 Å². The number of amides is 2. The fourth-order valence-corrected chi connectivity index (χ4v) is 3.74. The van der Waals surface area contributed by atoms with Gasteiger partial charge in [-0.25, -0.2) is 0 Å². The van der Waals surface area contributed by atoms with Crippen LogP contribution >= 0.6 is 12.2 Å². The molecule has 1 atom stereocenters. The minimum absolute atomic E-state index is 0.0702. The summed E-state index contributed by atoms with van der Waals surface area (Å²) >= 11 is 5.12. The first-order valence-electron chi connectivity index (χ1n) is 9.40. The molecule has 28 heavy (non-hydrogen) atoms. The van der Waals surface area contributed by atoms with Crippen molar-refractivity contribution in [3.05, 3.63) is 38.9 Å². The molecule has 2 heterocycles. The Morgan fingerprint density at radius 2 is 2.18 bits per heavy atom. The van der Waals surface area contributed by atoms with E-state index in [0.29, 0.717) is 34.3 Å². The maximum absolute atomic E-state index is 12.4. The van der Waals surface area contributed by atoms with Crippen LogP contribution in [0.4, 0.5) is 0 Å². The first kappa shape index (κ1) is 20.2. The highest BCUT2D eigenvalue weighted by molar-refractivity contribution is 7.71. The van der Waals surface area contributed by atoms with E-state index in [-0.39, 0.29) is 23.3 Å². The number of fused-ring (bicyclic) bond motifs is 1. The maximum Gasteiger partial charge on any atom is 0.261 e. The van der Waals surface area contributed by atoms with Crippen LogP contribution in [0.1, 0.15) is 29.6 Å². The van der Waals surface area contributed by atoms with Crippen molar-refractivity contribution < 1.29 is 9.59 Å². The van der Waals surface area contributed by atoms with Crippen LogP contribution in [0.3, 0.4) is 0 Å². The van der Waals surface area contributed by atoms with Crippen molar-refractivity contribution in [2.45, 2.75) is 19.3 Å². The Morgan fingerprint density at radius 3 is 2.93 bits per heavy atom. The van der Waals surface area contributed by atoms with Gasteiger partial charge in [-0.15, -0.1) is 0 Å². The summed E-state index contributed by atoms with van der Waals surface area (Å²) in [5.74, 6) is -0.502. The highest BCUT2D eigenvalue weighted by Crippen LogP contribution is 2.16. The van der Waals surface area contributed by atoms with Crippen LogP contribution in [0.2, 0.25) is 0 Å². The molecule has 0 radical (unpaired) electrons. The number of aromatic nitrogens is 2. The van der Waals surface area contributed by atoms with E-state index in [4.69, 9.17) is 18.0 Å². The molecule has 1 aliphatic rings. The molecule has 9 heteroatoms. The Bertz CT molecular complexity index is 1010. The third kappa shape index (κ3) is 4.48. The molecule has 1 aromatic heterocycles. The molecule has 0 aliphatic carbocycles. The van der Waals surface area contributed by atoms with Crippen molar-refractivity contribution in [2.24, 2.45) is 18.7 Å². The van der Waals surface area contributed by atoms with Crippen molar-refractivity contribution in [3.63, 3.8) is 0 Å². The van der Waals surface area contributed by atoms with E-state index in [1.54, 1.807) is 25.2 Å². The lowest BCUT2D eigenvalue weighted by Crippen LogP contribution is -2.42. The molecule has 3 rings (SSSR count). The largest absolute Gasteiger partial charge is 0.369 e. The van der Waals surface area contributed by atoms with Gasteiger partial charge in [0.15, 0.2) is 4.77 Å². The summed E-state index contributed by atoms with van der Waals surface area (Å²) in [4.78, 5) is 41.1. The Hall–Kier alpha value is -2.52. The first-order chi connectivity index (χ1) is 13.4. The van der Waals surface area contributed by atoms with E-state index >= 15 is 0 Å². The van der Waals surface area contributed by atoms with Gasteiger partial charge >= 0.3 is 0 Å². The highest BCUT2D eigenvalue weighted by Gasteiger charge is 2.23. The summed E-state index contributed by atoms with van der Waals surface area (Å²) in [6.07, 6.45) is 2.61. The Balaban J connectivity index is 1.55. The Morgan fingerprint density at radius 1 is 1.39 bits per heavy atom. The molecule has 2 aromatic rings. The van der Waals surface area contributed by atoms with Gasteiger partial charge in [-0.1, -0.05) is 0 Å². The van der Waals surface area contributed by atoms with E-state index in [1.165, 1.54) is 4.57 Å². The molecular formula is C19H25N5O3S. The lowest BCUT2D eigenvalue weighted by atomic mass is 9.97. The predicted octanol–water partition coefficient (Wildman–Crippen LogP) is 0.913. The van der Waals surface area contributed by atoms with Crippen molar-refractivity contribution in [1.82, 2.24) is 19.8 Å². The van der Waals surface area contributed by atoms with Crippen LogP contribution in [0, 0.1) is 10.7 Å². The summed E-state index contributed by atoms with van der Waals surface area (Å²) < 4.78 is 1.67. The van der Waals surface area contributed by atoms with Gasteiger partial charge in [0.2, 0.25) is 5.91 Å². The summed E-state index contributed by atoms with van der Waals surface area (Å²) in [6, 6.07) is 4.91. The number of nitrogens with two attached hydrogens (primary N) is 1. The average Bonchev–Trinajstić information content (AvgIpc) is 2.69. The number of likely N-dealkylation sites (tertiary alicyclic amines) is 1. The van der Waals surface area contributed by atoms with E-state index in [0.717, 1.165) is 32.4 Å². The second kappa shape index (κ2) is 8.66. The zero-order chi connectivity index (χ0) is 20.3. The van der Waals surface area contributed by atoms with Crippen molar-refractivity contribution in [3.8, 4) is 0 Å². The Kier molecular flexibility index (Phi) is 6.25. The number of rotatable bonds is 6. The number of H-pyrrole nitrogens is 1. The minimum Gasteiger partial charge on any atom is -0.369 e. The SMILES string of the molecule is Cn1c(=S)[nH]c2cc(C(=O)NCCCN3CCCC(C(N)=O)C3)ccc2c1=O. The molecule has 0 spiro atoms. The number of nitrogens with zero attached hydrogens (tertiary/aromatic N) is 2. The fourth-order valence-electron chi connectivity index (χ4n) is 3.54. The third-order valence-electron chi connectivity index (χ3n) is 5.21. The second-order valence-corrected chi connectivity index (χ2v) is 7.59. The number of nitrogens with one attached hydrogen (secondary N) is 2. The molecular weight excluding hydrogens is 378 g/mol. The number of piperidine rings is 1. The summed E-state index contributed by atoms with van der Waals surface area (Å²) in [7, 11) is 1.61. The number of hydrogen-bond acceptors (Lipinski definition) is 5. The molecule has 1 unspecified atom stereocenters. The maximum atomic E-state index is 12.4. The molecule has 1 saturated heterocycles. The molecule has 150 valence electrons. The summed E-state index contributed by atoms with van der Waals surface area (Å²) in [5.41, 5.74) is 6.23. The zero-order valence-corrected chi connectivity index (χ0v) is 16.7. The van der Waals surface area contributed by atoms with Gasteiger partial charge < -0.3 is 20.9 Å². The van der Waals surface area contributed by atoms with Gasteiger partial charge in [0.1, 0.15) is 0 Å².